The maximum Gasteiger partial charge on any atom is 0.358 e. The lowest BCUT2D eigenvalue weighted by Crippen LogP contribution is -2.28. The number of amidine groups is 1. The van der Waals surface area contributed by atoms with Crippen molar-refractivity contribution < 1.29 is 23.8 Å². The molecule has 0 radical (unpaired) electrons. The summed E-state index contributed by atoms with van der Waals surface area (Å²) in [6, 6.07) is 4.62. The molecule has 0 aliphatic carbocycles. The van der Waals surface area contributed by atoms with Gasteiger partial charge in [0.15, 0.2) is 5.69 Å². The Bertz CT molecular complexity index is 941. The molecule has 1 amide bonds. The van der Waals surface area contributed by atoms with E-state index in [1.807, 2.05) is 13.8 Å². The molecule has 158 valence electrons. The third kappa shape index (κ3) is 6.59. The Morgan fingerprint density at radius 3 is 2.47 bits per heavy atom. The molecule has 0 bridgehead atoms. The fourth-order valence-electron chi connectivity index (χ4n) is 2.20. The van der Waals surface area contributed by atoms with Gasteiger partial charge in [0.1, 0.15) is 17.3 Å². The van der Waals surface area contributed by atoms with Crippen LogP contribution in [0.2, 0.25) is 0 Å². The molecule has 0 aliphatic heterocycles. The Morgan fingerprint density at radius 2 is 1.87 bits per heavy atom. The highest BCUT2D eigenvalue weighted by molar-refractivity contribution is 6.09. The van der Waals surface area contributed by atoms with Gasteiger partial charge in [0, 0.05) is 18.7 Å². The number of amides is 1. The van der Waals surface area contributed by atoms with Gasteiger partial charge < -0.3 is 24.8 Å². The monoisotopic (exact) mass is 413 g/mol. The minimum Gasteiger partial charge on any atom is -0.491 e. The van der Waals surface area contributed by atoms with Gasteiger partial charge >= 0.3 is 5.97 Å². The van der Waals surface area contributed by atoms with E-state index in [0.717, 1.165) is 0 Å². The van der Waals surface area contributed by atoms with Gasteiger partial charge in [0.2, 0.25) is 5.88 Å². The molecule has 10 nitrogen and oxygen atoms in total. The highest BCUT2D eigenvalue weighted by Gasteiger charge is 2.14. The molecule has 0 aliphatic rings. The molecule has 0 saturated heterocycles. The van der Waals surface area contributed by atoms with Crippen LogP contribution >= 0.6 is 0 Å². The van der Waals surface area contributed by atoms with Crippen LogP contribution < -0.4 is 20.1 Å². The van der Waals surface area contributed by atoms with E-state index in [1.165, 1.54) is 37.8 Å². The van der Waals surface area contributed by atoms with Crippen LogP contribution in [0.1, 0.15) is 34.7 Å². The van der Waals surface area contributed by atoms with Gasteiger partial charge in [-0.25, -0.2) is 14.8 Å². The van der Waals surface area contributed by atoms with Gasteiger partial charge in [-0.2, -0.15) is 0 Å². The third-order valence-corrected chi connectivity index (χ3v) is 3.42. The summed E-state index contributed by atoms with van der Waals surface area (Å²) in [4.78, 5) is 31.9. The molecular formula is C20H23N5O5. The van der Waals surface area contributed by atoms with Crippen LogP contribution in [0.4, 0.5) is 0 Å². The summed E-state index contributed by atoms with van der Waals surface area (Å²) in [6.45, 7) is 3.70. The number of nitrogens with one attached hydrogen (secondary N) is 3. The summed E-state index contributed by atoms with van der Waals surface area (Å²) in [5.74, 6) is -0.418. The van der Waals surface area contributed by atoms with Crippen molar-refractivity contribution in [1.82, 2.24) is 20.6 Å². The number of hydrogen-bond acceptors (Lipinski definition) is 9. The number of hydrogen-bond donors (Lipinski definition) is 3. The quantitative estimate of drug-likeness (QED) is 0.341. The van der Waals surface area contributed by atoms with Crippen LogP contribution in [0.25, 0.3) is 0 Å². The Labute approximate surface area is 173 Å². The van der Waals surface area contributed by atoms with Crippen LogP contribution in [0.15, 0.2) is 42.9 Å². The first-order valence-electron chi connectivity index (χ1n) is 8.96. The Kier molecular flexibility index (Phi) is 7.86. The predicted molar refractivity (Wildman–Crippen MR) is 109 cm³/mol. The first-order chi connectivity index (χ1) is 14.3. The van der Waals surface area contributed by atoms with E-state index in [1.54, 1.807) is 19.2 Å². The van der Waals surface area contributed by atoms with Crippen molar-refractivity contribution in [3.63, 3.8) is 0 Å². The van der Waals surface area contributed by atoms with Crippen LogP contribution in [0.5, 0.6) is 17.4 Å². The van der Waals surface area contributed by atoms with Crippen LogP contribution in [0.3, 0.4) is 0 Å². The van der Waals surface area contributed by atoms with E-state index in [0.29, 0.717) is 5.75 Å². The molecule has 1 aromatic heterocycles. The predicted octanol–water partition coefficient (Wildman–Crippen LogP) is 2.28. The fraction of sp³-hybridized carbons (Fsp3) is 0.250. The van der Waals surface area contributed by atoms with E-state index < -0.39 is 11.9 Å². The second kappa shape index (κ2) is 10.6. The molecule has 10 heteroatoms. The second-order valence-corrected chi connectivity index (χ2v) is 6.18. The lowest BCUT2D eigenvalue weighted by atomic mass is 10.2. The summed E-state index contributed by atoms with van der Waals surface area (Å²) in [7, 11) is 2.93. The molecule has 0 fully saturated rings. The van der Waals surface area contributed by atoms with Crippen molar-refractivity contribution in [3.05, 3.63) is 54.1 Å². The summed E-state index contributed by atoms with van der Waals surface area (Å²) < 4.78 is 15.9. The van der Waals surface area contributed by atoms with Crippen molar-refractivity contribution in [1.29, 1.82) is 5.41 Å². The van der Waals surface area contributed by atoms with Gasteiger partial charge in [-0.1, -0.05) is 0 Å². The number of carbonyl (C=O) groups is 2. The van der Waals surface area contributed by atoms with Crippen LogP contribution in [-0.2, 0) is 4.74 Å². The topological polar surface area (TPSA) is 136 Å². The number of aromatic nitrogens is 2. The van der Waals surface area contributed by atoms with E-state index in [4.69, 9.17) is 14.9 Å². The maximum absolute atomic E-state index is 12.5. The SMILES string of the molecule is CN/C=C\C(=N)NC(=O)c1cc(Oc2cnc(C(=O)OC)cn2)cc(OC(C)C)c1. The lowest BCUT2D eigenvalue weighted by Gasteiger charge is -2.14. The number of esters is 1. The highest BCUT2D eigenvalue weighted by atomic mass is 16.5. The Morgan fingerprint density at radius 1 is 1.13 bits per heavy atom. The first kappa shape index (κ1) is 22.3. The molecular weight excluding hydrogens is 390 g/mol. The van der Waals surface area contributed by atoms with E-state index in [2.05, 4.69) is 25.3 Å². The number of carbonyl (C=O) groups excluding carboxylic acids is 2. The molecule has 0 unspecified atom stereocenters. The average Bonchev–Trinajstić information content (AvgIpc) is 2.71. The normalized spacial score (nSPS) is 10.6. The van der Waals surface area contributed by atoms with Crippen molar-refractivity contribution >= 4 is 17.7 Å². The molecule has 0 spiro atoms. The summed E-state index contributed by atoms with van der Waals surface area (Å²) in [5, 5.41) is 13.0. The average molecular weight is 413 g/mol. The van der Waals surface area contributed by atoms with E-state index in [9.17, 15) is 9.59 Å². The molecule has 1 heterocycles. The summed E-state index contributed by atoms with van der Waals surface area (Å²) in [6.07, 6.45) is 5.28. The molecule has 30 heavy (non-hydrogen) atoms. The van der Waals surface area contributed by atoms with E-state index >= 15 is 0 Å². The summed E-state index contributed by atoms with van der Waals surface area (Å²) in [5.41, 5.74) is 0.264. The molecule has 1 aromatic carbocycles. The summed E-state index contributed by atoms with van der Waals surface area (Å²) >= 11 is 0. The van der Waals surface area contributed by atoms with Gasteiger partial charge in [0.05, 0.1) is 25.6 Å². The Balaban J connectivity index is 2.26. The zero-order valence-electron chi connectivity index (χ0n) is 17.1. The zero-order valence-corrected chi connectivity index (χ0v) is 17.1. The minimum absolute atomic E-state index is 0.0370. The molecule has 0 saturated carbocycles. The van der Waals surface area contributed by atoms with Crippen molar-refractivity contribution in [3.8, 4) is 17.4 Å². The zero-order chi connectivity index (χ0) is 22.1. The molecule has 3 N–H and O–H groups in total. The standard InChI is InChI=1S/C20H23N5O5/c1-12(2)29-14-7-13(19(26)25-17(21)5-6-22-3)8-15(9-14)30-18-11-23-16(10-24-18)20(27)28-4/h5-12,22H,1-4H3,(H2,21,25,26)/b6-5-. The second-order valence-electron chi connectivity index (χ2n) is 6.18. The van der Waals surface area contributed by atoms with Crippen molar-refractivity contribution in [2.75, 3.05) is 14.2 Å². The number of rotatable bonds is 8. The molecule has 2 rings (SSSR count). The first-order valence-corrected chi connectivity index (χ1v) is 8.96. The number of nitrogens with zero attached hydrogens (tertiary/aromatic N) is 2. The fourth-order valence-corrected chi connectivity index (χ4v) is 2.20. The van der Waals surface area contributed by atoms with E-state index in [-0.39, 0.29) is 34.8 Å². The largest absolute Gasteiger partial charge is 0.491 e. The van der Waals surface area contributed by atoms with Crippen LogP contribution in [-0.4, -0.2) is 47.9 Å². The van der Waals surface area contributed by atoms with Crippen molar-refractivity contribution in [2.24, 2.45) is 0 Å². The molecule has 2 aromatic rings. The third-order valence-electron chi connectivity index (χ3n) is 3.42. The number of ether oxygens (including phenoxy) is 3. The number of methoxy groups -OCH3 is 1. The van der Waals surface area contributed by atoms with Gasteiger partial charge in [0.25, 0.3) is 5.91 Å². The van der Waals surface area contributed by atoms with Gasteiger partial charge in [-0.05, 0) is 38.3 Å². The maximum atomic E-state index is 12.5. The number of benzene rings is 1. The highest BCUT2D eigenvalue weighted by Crippen LogP contribution is 2.27. The smallest absolute Gasteiger partial charge is 0.358 e. The Hall–Kier alpha value is -3.95. The lowest BCUT2D eigenvalue weighted by molar-refractivity contribution is 0.0593. The van der Waals surface area contributed by atoms with Gasteiger partial charge in [-0.15, -0.1) is 0 Å². The van der Waals surface area contributed by atoms with Crippen molar-refractivity contribution in [2.45, 2.75) is 20.0 Å². The van der Waals surface area contributed by atoms with Crippen LogP contribution in [0, 0.1) is 5.41 Å². The molecule has 0 atom stereocenters. The van der Waals surface area contributed by atoms with Gasteiger partial charge in [-0.3, -0.25) is 10.2 Å². The minimum atomic E-state index is -0.616.